The first-order chi connectivity index (χ1) is 18.7. The van der Waals surface area contributed by atoms with Crippen LogP contribution in [0, 0.1) is 0 Å². The monoisotopic (exact) mass is 688 g/mol. The van der Waals surface area contributed by atoms with E-state index in [0.29, 0.717) is 55.0 Å². The van der Waals surface area contributed by atoms with Crippen molar-refractivity contribution in [2.75, 3.05) is 46.9 Å². The van der Waals surface area contributed by atoms with Crippen LogP contribution in [0.5, 0.6) is 5.75 Å². The zero-order valence-electron chi connectivity index (χ0n) is 22.3. The Bertz CT molecular complexity index is 1140. The van der Waals surface area contributed by atoms with Crippen LogP contribution in [0.1, 0.15) is 42.9 Å². The molecular formula is C27H35Cl2IN6O3. The molecule has 0 saturated carbocycles. The molecule has 3 heterocycles. The highest BCUT2D eigenvalue weighted by atomic mass is 127. The molecule has 9 nitrogen and oxygen atoms in total. The van der Waals surface area contributed by atoms with Crippen molar-refractivity contribution < 1.29 is 14.3 Å². The van der Waals surface area contributed by atoms with E-state index >= 15 is 0 Å². The molecule has 0 radical (unpaired) electrons. The molecule has 2 saturated heterocycles. The molecule has 1 aromatic heterocycles. The number of halogens is 3. The maximum atomic E-state index is 13.8. The lowest BCUT2D eigenvalue weighted by molar-refractivity contribution is -0.134. The van der Waals surface area contributed by atoms with Gasteiger partial charge in [0.05, 0.1) is 15.9 Å². The molecule has 1 N–H and O–H groups in total. The van der Waals surface area contributed by atoms with E-state index in [4.69, 9.17) is 27.9 Å². The fourth-order valence-corrected chi connectivity index (χ4v) is 5.58. The van der Waals surface area contributed by atoms with E-state index in [-0.39, 0.29) is 21.9 Å². The Morgan fingerprint density at radius 1 is 1.15 bits per heavy atom. The largest absolute Gasteiger partial charge is 0.488 e. The number of ether oxygens (including phenoxy) is 1. The molecule has 0 bridgehead atoms. The van der Waals surface area contributed by atoms with Gasteiger partial charge in [-0.05, 0) is 57.5 Å². The molecule has 212 valence electrons. The Balaban J connectivity index is 1.43. The van der Waals surface area contributed by atoms with Crippen molar-refractivity contribution >= 4 is 57.7 Å². The van der Waals surface area contributed by atoms with E-state index in [1.165, 1.54) is 0 Å². The minimum absolute atomic E-state index is 0.107. The van der Waals surface area contributed by atoms with Crippen LogP contribution in [0.2, 0.25) is 10.0 Å². The van der Waals surface area contributed by atoms with Crippen molar-refractivity contribution in [3.05, 3.63) is 52.0 Å². The number of benzene rings is 1. The number of carbonyl (C=O) groups excluding carboxylic acids is 2. The van der Waals surface area contributed by atoms with E-state index in [2.05, 4.69) is 42.8 Å². The highest BCUT2D eigenvalue weighted by Crippen LogP contribution is 2.33. The van der Waals surface area contributed by atoms with Crippen LogP contribution in [-0.2, 0) is 11.2 Å². The van der Waals surface area contributed by atoms with Crippen LogP contribution in [0.25, 0.3) is 0 Å². The van der Waals surface area contributed by atoms with Crippen molar-refractivity contribution in [1.29, 1.82) is 0 Å². The molecular weight excluding hydrogens is 654 g/mol. The van der Waals surface area contributed by atoms with Crippen molar-refractivity contribution in [1.82, 2.24) is 30.0 Å². The first-order valence-corrected chi connectivity index (χ1v) is 15.2. The van der Waals surface area contributed by atoms with Crippen molar-refractivity contribution in [3.8, 4) is 5.75 Å². The summed E-state index contributed by atoms with van der Waals surface area (Å²) in [4.78, 5) is 41.1. The van der Waals surface area contributed by atoms with E-state index in [1.807, 2.05) is 25.1 Å². The smallest absolute Gasteiger partial charge is 0.318 e. The summed E-state index contributed by atoms with van der Waals surface area (Å²) >= 11 is 14.8. The van der Waals surface area contributed by atoms with Crippen molar-refractivity contribution in [2.24, 2.45) is 0 Å². The average molecular weight is 689 g/mol. The number of nitrogens with zero attached hydrogens (tertiary/aromatic N) is 5. The van der Waals surface area contributed by atoms with E-state index in [0.717, 1.165) is 36.9 Å². The van der Waals surface area contributed by atoms with Crippen LogP contribution in [0.15, 0.2) is 30.7 Å². The van der Waals surface area contributed by atoms with Crippen molar-refractivity contribution in [2.45, 2.75) is 48.1 Å². The van der Waals surface area contributed by atoms with Gasteiger partial charge in [0.15, 0.2) is 5.75 Å². The molecule has 2 aromatic rings. The third-order valence-corrected chi connectivity index (χ3v) is 9.33. The number of aromatic nitrogens is 2. The van der Waals surface area contributed by atoms with Crippen LogP contribution in [-0.4, -0.2) is 93.6 Å². The molecule has 39 heavy (non-hydrogen) atoms. The van der Waals surface area contributed by atoms with Gasteiger partial charge >= 0.3 is 6.03 Å². The number of piperidine rings is 1. The highest BCUT2D eigenvalue weighted by Gasteiger charge is 2.33. The summed E-state index contributed by atoms with van der Waals surface area (Å²) in [6, 6.07) is 4.29. The maximum Gasteiger partial charge on any atom is 0.318 e. The van der Waals surface area contributed by atoms with Gasteiger partial charge in [-0.25, -0.2) is 14.8 Å². The number of hydrogen-bond acceptors (Lipinski definition) is 6. The molecule has 1 aromatic carbocycles. The number of likely N-dealkylation sites (N-methyl/N-ethyl adjacent to an activating group) is 1. The number of hydrogen-bond donors (Lipinski definition) is 1. The van der Waals surface area contributed by atoms with Gasteiger partial charge < -0.3 is 19.9 Å². The quantitative estimate of drug-likeness (QED) is 0.235. The van der Waals surface area contributed by atoms with Gasteiger partial charge in [-0.15, -0.1) is 0 Å². The maximum absolute atomic E-state index is 13.8. The van der Waals surface area contributed by atoms with Gasteiger partial charge in [0, 0.05) is 48.6 Å². The zero-order chi connectivity index (χ0) is 27.9. The molecule has 12 heteroatoms. The topological polar surface area (TPSA) is 90.9 Å². The third kappa shape index (κ3) is 8.08. The standard InChI is InChI=1S/C27H35Cl2IN6O3/c1-34(2)24(30)16-39-23-15-31-17-32-25(23)18-7-11-35(12-8-18)26(37)22(33-27(38)36-9-3-4-10-36)13-19-5-6-20(28)14-21(19)29/h5-6,14-15,17-18,22,24H,3-4,7-13,16H2,1-2H3,(H,33,38)/t22-,24+/m1/s1. The van der Waals surface area contributed by atoms with E-state index in [1.54, 1.807) is 29.6 Å². The fourth-order valence-electron chi connectivity index (χ4n) is 4.91. The van der Waals surface area contributed by atoms with E-state index in [9.17, 15) is 9.59 Å². The summed E-state index contributed by atoms with van der Waals surface area (Å²) in [5, 5.41) is 4.00. The van der Waals surface area contributed by atoms with Crippen LogP contribution >= 0.6 is 45.8 Å². The van der Waals surface area contributed by atoms with Gasteiger partial charge in [-0.3, -0.25) is 9.69 Å². The Morgan fingerprint density at radius 2 is 1.87 bits per heavy atom. The minimum atomic E-state index is -0.724. The van der Waals surface area contributed by atoms with Crippen LogP contribution in [0.4, 0.5) is 4.79 Å². The number of alkyl halides is 1. The Labute approximate surface area is 253 Å². The first-order valence-electron chi connectivity index (χ1n) is 13.2. The third-order valence-electron chi connectivity index (χ3n) is 7.27. The summed E-state index contributed by atoms with van der Waals surface area (Å²) in [5.41, 5.74) is 1.65. The fraction of sp³-hybridized carbons (Fsp3) is 0.556. The summed E-state index contributed by atoms with van der Waals surface area (Å²) in [7, 11) is 4.02. The molecule has 0 aliphatic carbocycles. The Hall–Kier alpha value is -1.89. The summed E-state index contributed by atoms with van der Waals surface area (Å²) in [6.07, 6.45) is 7.01. The predicted molar refractivity (Wildman–Crippen MR) is 161 cm³/mol. The number of urea groups is 1. The van der Waals surface area contributed by atoms with Gasteiger partial charge in [-0.2, -0.15) is 0 Å². The molecule has 2 atom stereocenters. The highest BCUT2D eigenvalue weighted by molar-refractivity contribution is 14.1. The number of likely N-dealkylation sites (tertiary alicyclic amines) is 2. The Kier molecular flexibility index (Phi) is 10.9. The summed E-state index contributed by atoms with van der Waals surface area (Å²) in [6.45, 7) is 3.05. The molecule has 2 aliphatic heterocycles. The lowest BCUT2D eigenvalue weighted by Crippen LogP contribution is -2.54. The molecule has 4 rings (SSSR count). The number of rotatable bonds is 9. The number of carbonyl (C=O) groups is 2. The van der Waals surface area contributed by atoms with Crippen LogP contribution < -0.4 is 10.1 Å². The van der Waals surface area contributed by atoms with Gasteiger partial charge in [0.25, 0.3) is 0 Å². The first kappa shape index (κ1) is 30.1. The molecule has 3 amide bonds. The van der Waals surface area contributed by atoms with Crippen molar-refractivity contribution in [3.63, 3.8) is 0 Å². The van der Waals surface area contributed by atoms with E-state index < -0.39 is 6.04 Å². The SMILES string of the molecule is CN(C)[C@H](I)COc1cncnc1C1CCN(C(=O)[C@@H](Cc2ccc(Cl)cc2Cl)NC(=O)N2CCCC2)CC1. The molecule has 0 unspecified atom stereocenters. The molecule has 2 fully saturated rings. The second-order valence-electron chi connectivity index (χ2n) is 10.2. The van der Waals surface area contributed by atoms with Gasteiger partial charge in [0.2, 0.25) is 5.91 Å². The second kappa shape index (κ2) is 14.1. The lowest BCUT2D eigenvalue weighted by atomic mass is 9.92. The zero-order valence-corrected chi connectivity index (χ0v) is 26.0. The molecule has 2 aliphatic rings. The average Bonchev–Trinajstić information content (AvgIpc) is 3.48. The number of amides is 3. The molecule has 0 spiro atoms. The summed E-state index contributed by atoms with van der Waals surface area (Å²) in [5.74, 6) is 0.742. The second-order valence-corrected chi connectivity index (χ2v) is 12.5. The summed E-state index contributed by atoms with van der Waals surface area (Å²) < 4.78 is 6.30. The van der Waals surface area contributed by atoms with Gasteiger partial charge in [-0.1, -0.05) is 51.9 Å². The lowest BCUT2D eigenvalue weighted by Gasteiger charge is -2.35. The minimum Gasteiger partial charge on any atom is -0.488 e. The van der Waals surface area contributed by atoms with Crippen LogP contribution in [0.3, 0.4) is 0 Å². The van der Waals surface area contributed by atoms with Gasteiger partial charge in [0.1, 0.15) is 19.0 Å². The Morgan fingerprint density at radius 3 is 2.54 bits per heavy atom. The normalized spacial score (nSPS) is 17.8. The predicted octanol–water partition coefficient (Wildman–Crippen LogP) is 4.61. The number of nitrogens with one attached hydrogen (secondary N) is 1.